The molecule has 1 radical (unpaired) electrons. The molecular weight excluding hydrogens is 188 g/mol. The fourth-order valence-corrected chi connectivity index (χ4v) is 1.28. The van der Waals surface area contributed by atoms with E-state index in [0.29, 0.717) is 12.2 Å². The number of benzene rings is 1. The molecule has 0 aromatic heterocycles. The summed E-state index contributed by atoms with van der Waals surface area (Å²) in [5.41, 5.74) is 0.620. The third-order valence-electron chi connectivity index (χ3n) is 2.14. The lowest BCUT2D eigenvalue weighted by atomic mass is 10.2. The number of hydrogen-bond acceptors (Lipinski definition) is 2. The van der Waals surface area contributed by atoms with Crippen molar-refractivity contribution in [1.29, 1.82) is 0 Å². The Morgan fingerprint density at radius 1 is 1.13 bits per heavy atom. The highest BCUT2D eigenvalue weighted by atomic mass is 16.5. The molecule has 0 aliphatic carbocycles. The van der Waals surface area contributed by atoms with Gasteiger partial charge in [0, 0.05) is 0 Å². The van der Waals surface area contributed by atoms with Crippen LogP contribution in [0.5, 0.6) is 0 Å². The van der Waals surface area contributed by atoms with Crippen LogP contribution in [-0.2, 0) is 4.74 Å². The van der Waals surface area contributed by atoms with Gasteiger partial charge in [-0.2, -0.15) is 0 Å². The molecule has 2 heteroatoms. The lowest BCUT2D eigenvalue weighted by molar-refractivity contribution is 0.0498. The predicted octanol–water partition coefficient (Wildman–Crippen LogP) is 3.24. The van der Waals surface area contributed by atoms with Crippen LogP contribution in [0.25, 0.3) is 0 Å². The minimum absolute atomic E-state index is 0.231. The summed E-state index contributed by atoms with van der Waals surface area (Å²) in [7, 11) is 0. The molecule has 0 spiro atoms. The number of esters is 1. The van der Waals surface area contributed by atoms with Crippen LogP contribution in [0.3, 0.4) is 0 Å². The lowest BCUT2D eigenvalue weighted by Gasteiger charge is -2.03. The van der Waals surface area contributed by atoms with E-state index in [2.05, 4.69) is 6.92 Å². The van der Waals surface area contributed by atoms with Crippen molar-refractivity contribution in [2.75, 3.05) is 6.61 Å². The van der Waals surface area contributed by atoms with Gasteiger partial charge in [-0.25, -0.2) is 4.79 Å². The van der Waals surface area contributed by atoms with Crippen LogP contribution in [-0.4, -0.2) is 12.6 Å². The van der Waals surface area contributed by atoms with Crippen molar-refractivity contribution in [2.45, 2.75) is 25.7 Å². The van der Waals surface area contributed by atoms with Crippen LogP contribution in [0.4, 0.5) is 0 Å². The Hall–Kier alpha value is -1.31. The van der Waals surface area contributed by atoms with Crippen molar-refractivity contribution >= 4 is 5.97 Å². The number of unbranched alkanes of at least 4 members (excludes halogenated alkanes) is 3. The maximum Gasteiger partial charge on any atom is 0.338 e. The van der Waals surface area contributed by atoms with Gasteiger partial charge in [-0.15, -0.1) is 0 Å². The number of carbonyl (C=O) groups is 1. The molecule has 0 amide bonds. The number of ether oxygens (including phenoxy) is 1. The van der Waals surface area contributed by atoms with E-state index in [-0.39, 0.29) is 5.97 Å². The first-order valence-electron chi connectivity index (χ1n) is 5.36. The van der Waals surface area contributed by atoms with Gasteiger partial charge in [0.2, 0.25) is 0 Å². The van der Waals surface area contributed by atoms with E-state index in [0.717, 1.165) is 25.7 Å². The van der Waals surface area contributed by atoms with Crippen molar-refractivity contribution in [3.63, 3.8) is 0 Å². The lowest BCUT2D eigenvalue weighted by Crippen LogP contribution is -2.06. The largest absolute Gasteiger partial charge is 0.462 e. The second-order valence-electron chi connectivity index (χ2n) is 3.42. The van der Waals surface area contributed by atoms with Crippen molar-refractivity contribution in [1.82, 2.24) is 0 Å². The second-order valence-corrected chi connectivity index (χ2v) is 3.42. The van der Waals surface area contributed by atoms with Gasteiger partial charge in [0.25, 0.3) is 0 Å². The molecule has 1 aromatic rings. The minimum atomic E-state index is -0.231. The van der Waals surface area contributed by atoms with Crippen LogP contribution in [0, 0.1) is 6.92 Å². The van der Waals surface area contributed by atoms with E-state index < -0.39 is 0 Å². The number of rotatable bonds is 6. The molecule has 0 atom stereocenters. The summed E-state index contributed by atoms with van der Waals surface area (Å²) in [5.74, 6) is -0.231. The molecule has 0 aliphatic rings. The zero-order chi connectivity index (χ0) is 10.9. The van der Waals surface area contributed by atoms with E-state index in [4.69, 9.17) is 4.74 Å². The highest BCUT2D eigenvalue weighted by Gasteiger charge is 2.04. The average molecular weight is 205 g/mol. The Morgan fingerprint density at radius 3 is 2.53 bits per heavy atom. The van der Waals surface area contributed by atoms with E-state index in [1.165, 1.54) is 0 Å². The first-order chi connectivity index (χ1) is 7.34. The molecule has 15 heavy (non-hydrogen) atoms. The zero-order valence-electron chi connectivity index (χ0n) is 8.95. The molecular formula is C13H17O2. The van der Waals surface area contributed by atoms with E-state index in [9.17, 15) is 4.79 Å². The van der Waals surface area contributed by atoms with Gasteiger partial charge in [-0.05, 0) is 18.6 Å². The smallest absolute Gasteiger partial charge is 0.338 e. The molecule has 1 aromatic carbocycles. The predicted molar refractivity (Wildman–Crippen MR) is 60.5 cm³/mol. The zero-order valence-corrected chi connectivity index (χ0v) is 8.95. The molecule has 0 saturated heterocycles. The molecule has 0 saturated carbocycles. The van der Waals surface area contributed by atoms with E-state index in [1.54, 1.807) is 12.1 Å². The maximum atomic E-state index is 11.4. The molecule has 2 nitrogen and oxygen atoms in total. The molecule has 0 aliphatic heterocycles. The summed E-state index contributed by atoms with van der Waals surface area (Å²) < 4.78 is 5.12. The Morgan fingerprint density at radius 2 is 1.87 bits per heavy atom. The SMILES string of the molecule is [CH2]CCCCCOC(=O)c1ccccc1. The molecule has 0 N–H and O–H groups in total. The number of carbonyl (C=O) groups excluding carboxylic acids is 1. The monoisotopic (exact) mass is 205 g/mol. The van der Waals surface area contributed by atoms with Gasteiger partial charge in [-0.3, -0.25) is 0 Å². The van der Waals surface area contributed by atoms with Gasteiger partial charge in [0.05, 0.1) is 12.2 Å². The molecule has 0 fully saturated rings. The first kappa shape index (κ1) is 11.8. The summed E-state index contributed by atoms with van der Waals surface area (Å²) in [5, 5.41) is 0. The van der Waals surface area contributed by atoms with Crippen LogP contribution in [0.1, 0.15) is 36.0 Å². The van der Waals surface area contributed by atoms with Crippen molar-refractivity contribution in [2.24, 2.45) is 0 Å². The Kier molecular flexibility index (Phi) is 5.52. The molecule has 1 rings (SSSR count). The van der Waals surface area contributed by atoms with Crippen LogP contribution < -0.4 is 0 Å². The van der Waals surface area contributed by atoms with Gasteiger partial charge >= 0.3 is 5.97 Å². The van der Waals surface area contributed by atoms with Crippen LogP contribution in [0.15, 0.2) is 30.3 Å². The Labute approximate surface area is 91.3 Å². The minimum Gasteiger partial charge on any atom is -0.462 e. The fraction of sp³-hybridized carbons (Fsp3) is 0.385. The standard InChI is InChI=1S/C13H17O2/c1-2-3-4-8-11-15-13(14)12-9-6-5-7-10-12/h5-7,9-10H,1-4,8,11H2. The third-order valence-corrected chi connectivity index (χ3v) is 2.14. The van der Waals surface area contributed by atoms with E-state index >= 15 is 0 Å². The van der Waals surface area contributed by atoms with Crippen molar-refractivity contribution in [3.8, 4) is 0 Å². The Balaban J connectivity index is 2.20. The van der Waals surface area contributed by atoms with Crippen molar-refractivity contribution in [3.05, 3.63) is 42.8 Å². The molecule has 0 bridgehead atoms. The highest BCUT2D eigenvalue weighted by Crippen LogP contribution is 2.03. The average Bonchev–Trinajstić information content (AvgIpc) is 2.30. The van der Waals surface area contributed by atoms with Crippen molar-refractivity contribution < 1.29 is 9.53 Å². The summed E-state index contributed by atoms with van der Waals surface area (Å²) >= 11 is 0. The van der Waals surface area contributed by atoms with Gasteiger partial charge in [0.15, 0.2) is 0 Å². The third kappa shape index (κ3) is 4.63. The highest BCUT2D eigenvalue weighted by molar-refractivity contribution is 5.89. The summed E-state index contributed by atoms with van der Waals surface area (Å²) in [6.07, 6.45) is 4.05. The second kappa shape index (κ2) is 7.04. The topological polar surface area (TPSA) is 26.3 Å². The van der Waals surface area contributed by atoms with Gasteiger partial charge in [-0.1, -0.05) is 44.4 Å². The first-order valence-corrected chi connectivity index (χ1v) is 5.36. The van der Waals surface area contributed by atoms with Gasteiger partial charge in [0.1, 0.15) is 0 Å². The normalized spacial score (nSPS) is 9.93. The summed E-state index contributed by atoms with van der Waals surface area (Å²) in [6.45, 7) is 4.27. The maximum absolute atomic E-state index is 11.4. The molecule has 0 heterocycles. The molecule has 0 unspecified atom stereocenters. The summed E-state index contributed by atoms with van der Waals surface area (Å²) in [4.78, 5) is 11.4. The Bertz CT molecular complexity index is 280. The summed E-state index contributed by atoms with van der Waals surface area (Å²) in [6, 6.07) is 9.07. The number of hydrogen-bond donors (Lipinski definition) is 0. The fourth-order valence-electron chi connectivity index (χ4n) is 1.28. The van der Waals surface area contributed by atoms with Crippen LogP contribution >= 0.6 is 0 Å². The van der Waals surface area contributed by atoms with Gasteiger partial charge < -0.3 is 4.74 Å². The quantitative estimate of drug-likeness (QED) is 0.526. The van der Waals surface area contributed by atoms with Crippen LogP contribution in [0.2, 0.25) is 0 Å². The van der Waals surface area contributed by atoms with E-state index in [1.807, 2.05) is 18.2 Å². The molecule has 81 valence electrons.